The average Bonchev–Trinajstić information content (AvgIpc) is 2.21. The summed E-state index contributed by atoms with van der Waals surface area (Å²) in [5, 5.41) is 0. The van der Waals surface area contributed by atoms with Crippen LogP contribution in [0, 0.1) is 0 Å². The molecule has 3 atom stereocenters. The predicted molar refractivity (Wildman–Crippen MR) is 43.6 cm³/mol. The smallest absolute Gasteiger partial charge is 0.284 e. The van der Waals surface area contributed by atoms with E-state index in [-0.39, 0.29) is 0 Å². The van der Waals surface area contributed by atoms with Crippen LogP contribution in [0.5, 0.6) is 0 Å². The average molecular weight is 264 g/mol. The lowest BCUT2D eigenvalue weighted by molar-refractivity contribution is 0.0188. The summed E-state index contributed by atoms with van der Waals surface area (Å²) in [7, 11) is 0. The Bertz CT molecular complexity index is 407. The molecule has 0 saturated carbocycles. The zero-order chi connectivity index (χ0) is 12.7. The van der Waals surface area contributed by atoms with Crippen LogP contribution in [0.2, 0.25) is 0 Å². The van der Waals surface area contributed by atoms with Crippen LogP contribution in [0.1, 0.15) is 6.92 Å². The molecule has 1 rings (SSSR count). The maximum absolute atomic E-state index is 13.2. The number of hydrogen-bond acceptors (Lipinski definition) is 2. The molecule has 9 heteroatoms. The summed E-state index contributed by atoms with van der Waals surface area (Å²) in [5.74, 6) is -8.97. The van der Waals surface area contributed by atoms with E-state index < -0.39 is 46.4 Å². The molecule has 3 unspecified atom stereocenters. The van der Waals surface area contributed by atoms with Gasteiger partial charge in [0.25, 0.3) is 0 Å². The van der Waals surface area contributed by atoms with E-state index in [0.717, 1.165) is 0 Å². The highest BCUT2D eigenvalue weighted by Gasteiger charge is 2.52. The van der Waals surface area contributed by atoms with Crippen LogP contribution in [0.3, 0.4) is 0 Å². The van der Waals surface area contributed by atoms with Crippen LogP contribution in [0.25, 0.3) is 0 Å². The van der Waals surface area contributed by atoms with E-state index in [1.165, 1.54) is 0 Å². The molecule has 16 heavy (non-hydrogen) atoms. The summed E-state index contributed by atoms with van der Waals surface area (Å²) in [6.07, 6.45) is -3.05. The summed E-state index contributed by atoms with van der Waals surface area (Å²) in [5.41, 5.74) is -3.01. The molecule has 1 aliphatic carbocycles. The van der Waals surface area contributed by atoms with Crippen molar-refractivity contribution in [2.45, 2.75) is 18.7 Å². The third-order valence-corrected chi connectivity index (χ3v) is 2.47. The Hall–Kier alpha value is -0.800. The second-order valence-electron chi connectivity index (χ2n) is 3.06. The summed E-state index contributed by atoms with van der Waals surface area (Å²) in [4.78, 5) is 0. The molecule has 92 valence electrons. The Morgan fingerprint density at radius 3 is 2.25 bits per heavy atom. The van der Waals surface area contributed by atoms with Crippen molar-refractivity contribution in [2.24, 2.45) is 0 Å². The summed E-state index contributed by atoms with van der Waals surface area (Å²) < 4.78 is 86.7. The molecule has 0 aromatic rings. The minimum Gasteiger partial charge on any atom is -0.284 e. The van der Waals surface area contributed by atoms with Crippen molar-refractivity contribution >= 4 is 11.4 Å². The van der Waals surface area contributed by atoms with Gasteiger partial charge in [-0.15, -0.1) is 0 Å². The zero-order valence-corrected chi connectivity index (χ0v) is 8.46. The Morgan fingerprint density at radius 2 is 1.81 bits per heavy atom. The van der Waals surface area contributed by atoms with Gasteiger partial charge in [-0.2, -0.15) is 4.21 Å². The van der Waals surface area contributed by atoms with Crippen molar-refractivity contribution in [2.75, 3.05) is 0 Å². The Labute approximate surface area is 89.1 Å². The van der Waals surface area contributed by atoms with Crippen molar-refractivity contribution in [3.05, 3.63) is 23.3 Å². The van der Waals surface area contributed by atoms with Gasteiger partial charge in [-0.25, -0.2) is 22.0 Å². The maximum Gasteiger partial charge on any atom is 0.302 e. The van der Waals surface area contributed by atoms with Gasteiger partial charge < -0.3 is 0 Å². The van der Waals surface area contributed by atoms with Gasteiger partial charge in [0.05, 0.1) is 0 Å². The van der Waals surface area contributed by atoms with Crippen LogP contribution < -0.4 is 0 Å². The van der Waals surface area contributed by atoms with E-state index in [1.807, 2.05) is 0 Å². The van der Waals surface area contributed by atoms with Gasteiger partial charge in [-0.1, -0.05) is 0 Å². The fraction of sp³-hybridized carbons (Fsp3) is 0.429. The monoisotopic (exact) mass is 264 g/mol. The molecule has 0 saturated heterocycles. The van der Waals surface area contributed by atoms with Gasteiger partial charge in [0.15, 0.2) is 35.1 Å². The zero-order valence-electron chi connectivity index (χ0n) is 7.64. The van der Waals surface area contributed by atoms with E-state index in [9.17, 15) is 26.2 Å². The van der Waals surface area contributed by atoms with Crippen molar-refractivity contribution in [1.82, 2.24) is 0 Å². The molecule has 0 fully saturated rings. The SMILES string of the molecule is CC1(OS(=O)O)C(F)=C(F)C(F)=C(F)C1F. The number of alkyl halides is 1. The second-order valence-corrected chi connectivity index (χ2v) is 3.66. The quantitative estimate of drug-likeness (QED) is 0.616. The highest BCUT2D eigenvalue weighted by Crippen LogP contribution is 2.44. The molecule has 0 amide bonds. The third kappa shape index (κ3) is 1.89. The first-order valence-corrected chi connectivity index (χ1v) is 4.80. The second kappa shape index (κ2) is 4.22. The van der Waals surface area contributed by atoms with Crippen molar-refractivity contribution in [1.29, 1.82) is 0 Å². The first-order chi connectivity index (χ1) is 7.21. The van der Waals surface area contributed by atoms with E-state index in [2.05, 4.69) is 4.18 Å². The van der Waals surface area contributed by atoms with Gasteiger partial charge in [-0.05, 0) is 6.92 Å². The Balaban J connectivity index is 3.29. The number of allylic oxidation sites excluding steroid dienone is 2. The molecule has 0 bridgehead atoms. The molecule has 0 aliphatic heterocycles. The first kappa shape index (κ1) is 13.3. The van der Waals surface area contributed by atoms with Crippen LogP contribution >= 0.6 is 0 Å². The molecule has 0 radical (unpaired) electrons. The molecular formula is C7H5F5O3S. The minimum atomic E-state index is -3.18. The molecular weight excluding hydrogens is 259 g/mol. The molecule has 1 N–H and O–H groups in total. The van der Waals surface area contributed by atoms with Crippen LogP contribution in [-0.4, -0.2) is 20.5 Å². The van der Waals surface area contributed by atoms with Gasteiger partial charge in [-0.3, -0.25) is 8.74 Å². The maximum atomic E-state index is 13.2. The molecule has 0 heterocycles. The van der Waals surface area contributed by atoms with E-state index >= 15 is 0 Å². The Morgan fingerprint density at radius 1 is 1.31 bits per heavy atom. The number of halogens is 5. The molecule has 3 nitrogen and oxygen atoms in total. The van der Waals surface area contributed by atoms with Crippen molar-refractivity contribution < 1.29 is 34.9 Å². The molecule has 0 aromatic heterocycles. The molecule has 0 spiro atoms. The normalized spacial score (nSPS) is 33.3. The lowest BCUT2D eigenvalue weighted by atomic mass is 9.92. The summed E-state index contributed by atoms with van der Waals surface area (Å²) in [6, 6.07) is 0. The topological polar surface area (TPSA) is 46.5 Å². The van der Waals surface area contributed by atoms with Crippen LogP contribution in [0.4, 0.5) is 22.0 Å². The fourth-order valence-electron chi connectivity index (χ4n) is 1.11. The standard InChI is InChI=1S/C7H5F5O3S/c1-7(15-16(13)14)5(11)3(9)2(8)4(10)6(7)12/h5H,1H3,(H,13,14). The van der Waals surface area contributed by atoms with Crippen molar-refractivity contribution in [3.8, 4) is 0 Å². The van der Waals surface area contributed by atoms with Crippen LogP contribution in [-0.2, 0) is 15.5 Å². The number of rotatable bonds is 2. The molecule has 1 aliphatic rings. The summed E-state index contributed by atoms with van der Waals surface area (Å²) in [6.45, 7) is 0.479. The van der Waals surface area contributed by atoms with Crippen LogP contribution in [0.15, 0.2) is 23.3 Å². The van der Waals surface area contributed by atoms with Gasteiger partial charge in [0, 0.05) is 0 Å². The number of hydrogen-bond donors (Lipinski definition) is 1. The van der Waals surface area contributed by atoms with Gasteiger partial charge in [0.1, 0.15) is 0 Å². The fourth-order valence-corrected chi connectivity index (χ4v) is 1.56. The van der Waals surface area contributed by atoms with E-state index in [1.54, 1.807) is 0 Å². The lowest BCUT2D eigenvalue weighted by Gasteiger charge is -2.31. The lowest BCUT2D eigenvalue weighted by Crippen LogP contribution is -2.44. The summed E-state index contributed by atoms with van der Waals surface area (Å²) >= 11 is -3.18. The highest BCUT2D eigenvalue weighted by molar-refractivity contribution is 7.74. The minimum absolute atomic E-state index is 0.479. The van der Waals surface area contributed by atoms with E-state index in [0.29, 0.717) is 6.92 Å². The van der Waals surface area contributed by atoms with Gasteiger partial charge in [0.2, 0.25) is 0 Å². The largest absolute Gasteiger partial charge is 0.302 e. The highest BCUT2D eigenvalue weighted by atomic mass is 32.2. The molecule has 0 aromatic carbocycles. The van der Waals surface area contributed by atoms with E-state index in [4.69, 9.17) is 4.55 Å². The first-order valence-electron chi connectivity index (χ1n) is 3.77. The predicted octanol–water partition coefficient (Wildman–Crippen LogP) is 2.55. The van der Waals surface area contributed by atoms with Gasteiger partial charge >= 0.3 is 11.4 Å². The third-order valence-electron chi connectivity index (χ3n) is 1.98. The van der Waals surface area contributed by atoms with Crippen molar-refractivity contribution in [3.63, 3.8) is 0 Å². The Kier molecular flexibility index (Phi) is 3.50.